The van der Waals surface area contributed by atoms with Crippen molar-refractivity contribution in [2.24, 2.45) is 0 Å². The van der Waals surface area contributed by atoms with Crippen LogP contribution in [0.3, 0.4) is 0 Å². The highest BCUT2D eigenvalue weighted by Gasteiger charge is 2.06. The normalized spacial score (nSPS) is 9.46. The Kier molecular flexibility index (Phi) is 2.90. The number of ether oxygens (including phenoxy) is 1. The van der Waals surface area contributed by atoms with Crippen molar-refractivity contribution in [1.82, 2.24) is 0 Å². The van der Waals surface area contributed by atoms with Crippen LogP contribution in [-0.4, -0.2) is 13.5 Å². The van der Waals surface area contributed by atoms with E-state index in [1.54, 1.807) is 7.11 Å². The number of amides is 1. The fourth-order valence-corrected chi connectivity index (χ4v) is 1.36. The maximum Gasteiger partial charge on any atom is 0.211 e. The van der Waals surface area contributed by atoms with E-state index in [0.29, 0.717) is 6.41 Å². The second-order valence-electron chi connectivity index (χ2n) is 2.85. The molecule has 0 unspecified atom stereocenters. The first-order valence-electron chi connectivity index (χ1n) is 4.05. The van der Waals surface area contributed by atoms with Crippen molar-refractivity contribution in [2.75, 3.05) is 12.4 Å². The summed E-state index contributed by atoms with van der Waals surface area (Å²) < 4.78 is 5.21. The predicted octanol–water partition coefficient (Wildman–Crippen LogP) is 1.88. The van der Waals surface area contributed by atoms with Crippen LogP contribution in [0.2, 0.25) is 0 Å². The van der Waals surface area contributed by atoms with Gasteiger partial charge in [0.2, 0.25) is 6.41 Å². The minimum atomic E-state index is 0.664. The van der Waals surface area contributed by atoms with E-state index in [1.165, 1.54) is 0 Å². The van der Waals surface area contributed by atoms with Crippen LogP contribution in [0.1, 0.15) is 11.1 Å². The van der Waals surface area contributed by atoms with E-state index < -0.39 is 0 Å². The Balaban J connectivity index is 3.18. The molecule has 3 nitrogen and oxygen atoms in total. The van der Waals surface area contributed by atoms with Gasteiger partial charge >= 0.3 is 0 Å². The van der Waals surface area contributed by atoms with E-state index in [4.69, 9.17) is 4.74 Å². The van der Waals surface area contributed by atoms with Crippen LogP contribution in [0.4, 0.5) is 5.69 Å². The van der Waals surface area contributed by atoms with Gasteiger partial charge in [-0.1, -0.05) is 6.07 Å². The molecule has 0 atom stereocenters. The zero-order valence-electron chi connectivity index (χ0n) is 8.05. The summed E-state index contributed by atoms with van der Waals surface area (Å²) in [4.78, 5) is 10.3. The summed E-state index contributed by atoms with van der Waals surface area (Å²) >= 11 is 0. The lowest BCUT2D eigenvalue weighted by molar-refractivity contribution is -0.105. The van der Waals surface area contributed by atoms with Crippen LogP contribution >= 0.6 is 0 Å². The molecule has 3 heteroatoms. The molecule has 0 heterocycles. The lowest BCUT2D eigenvalue weighted by Crippen LogP contribution is -1.99. The van der Waals surface area contributed by atoms with Crippen LogP contribution in [-0.2, 0) is 4.79 Å². The summed E-state index contributed by atoms with van der Waals surface area (Å²) in [5.41, 5.74) is 2.81. The van der Waals surface area contributed by atoms with Gasteiger partial charge in [0.25, 0.3) is 0 Å². The number of nitrogens with one attached hydrogen (secondary N) is 1. The molecule has 0 fully saturated rings. The maximum atomic E-state index is 10.3. The molecule has 0 aliphatic rings. The minimum Gasteiger partial charge on any atom is -0.496 e. The second-order valence-corrected chi connectivity index (χ2v) is 2.85. The molecule has 0 saturated heterocycles. The highest BCUT2D eigenvalue weighted by molar-refractivity contribution is 5.75. The maximum absolute atomic E-state index is 10.3. The molecular weight excluding hydrogens is 166 g/mol. The zero-order valence-corrected chi connectivity index (χ0v) is 8.05. The van der Waals surface area contributed by atoms with Crippen molar-refractivity contribution in [2.45, 2.75) is 13.8 Å². The third-order valence-electron chi connectivity index (χ3n) is 2.02. The summed E-state index contributed by atoms with van der Waals surface area (Å²) in [5, 5.41) is 2.62. The van der Waals surface area contributed by atoms with Crippen molar-refractivity contribution in [3.05, 3.63) is 23.3 Å². The Hall–Kier alpha value is -1.51. The quantitative estimate of drug-likeness (QED) is 0.719. The molecule has 0 radical (unpaired) electrons. The zero-order chi connectivity index (χ0) is 9.84. The van der Waals surface area contributed by atoms with Gasteiger partial charge in [-0.15, -0.1) is 0 Å². The number of rotatable bonds is 3. The molecule has 0 saturated carbocycles. The molecule has 1 aromatic rings. The number of methoxy groups -OCH3 is 1. The number of hydrogen-bond acceptors (Lipinski definition) is 2. The SMILES string of the molecule is COc1c(C)ccc(NC=O)c1C. The molecule has 13 heavy (non-hydrogen) atoms. The van der Waals surface area contributed by atoms with Crippen LogP contribution < -0.4 is 10.1 Å². The van der Waals surface area contributed by atoms with Gasteiger partial charge in [0.15, 0.2) is 0 Å². The predicted molar refractivity (Wildman–Crippen MR) is 52.2 cm³/mol. The first-order valence-corrected chi connectivity index (χ1v) is 4.05. The third kappa shape index (κ3) is 1.80. The summed E-state index contributed by atoms with van der Waals surface area (Å²) in [6, 6.07) is 3.78. The topological polar surface area (TPSA) is 38.3 Å². The van der Waals surface area contributed by atoms with Gasteiger partial charge < -0.3 is 10.1 Å². The molecule has 0 spiro atoms. The number of benzene rings is 1. The Labute approximate surface area is 77.7 Å². The lowest BCUT2D eigenvalue weighted by Gasteiger charge is -2.11. The largest absolute Gasteiger partial charge is 0.496 e. The molecule has 1 N–H and O–H groups in total. The summed E-state index contributed by atoms with van der Waals surface area (Å²) in [5.74, 6) is 0.826. The Morgan fingerprint density at radius 2 is 2.08 bits per heavy atom. The van der Waals surface area contributed by atoms with Gasteiger partial charge in [-0.2, -0.15) is 0 Å². The van der Waals surface area contributed by atoms with Crippen molar-refractivity contribution in [3.8, 4) is 5.75 Å². The van der Waals surface area contributed by atoms with Crippen molar-refractivity contribution < 1.29 is 9.53 Å². The summed E-state index contributed by atoms with van der Waals surface area (Å²) in [6.45, 7) is 3.88. The van der Waals surface area contributed by atoms with Gasteiger partial charge in [0, 0.05) is 11.3 Å². The second kappa shape index (κ2) is 3.94. The van der Waals surface area contributed by atoms with E-state index in [1.807, 2.05) is 26.0 Å². The molecule has 0 aromatic heterocycles. The fraction of sp³-hybridized carbons (Fsp3) is 0.300. The van der Waals surface area contributed by atoms with Gasteiger partial charge in [-0.25, -0.2) is 0 Å². The van der Waals surface area contributed by atoms with Gasteiger partial charge in [0.05, 0.1) is 7.11 Å². The molecule has 1 aromatic carbocycles. The average Bonchev–Trinajstić information content (AvgIpc) is 2.11. The lowest BCUT2D eigenvalue weighted by atomic mass is 10.1. The molecule has 1 amide bonds. The fourth-order valence-electron chi connectivity index (χ4n) is 1.36. The number of carbonyl (C=O) groups excluding carboxylic acids is 1. The van der Waals surface area contributed by atoms with E-state index in [-0.39, 0.29) is 0 Å². The number of hydrogen-bond donors (Lipinski definition) is 1. The van der Waals surface area contributed by atoms with Crippen molar-refractivity contribution >= 4 is 12.1 Å². The first-order chi connectivity index (χ1) is 6.20. The third-order valence-corrected chi connectivity index (χ3v) is 2.02. The van der Waals surface area contributed by atoms with Gasteiger partial charge in [0.1, 0.15) is 5.75 Å². The molecule has 70 valence electrons. The Bertz CT molecular complexity index is 321. The Morgan fingerprint density at radius 3 is 2.62 bits per heavy atom. The molecular formula is C10H13NO2. The molecule has 0 bridgehead atoms. The molecule has 1 rings (SSSR count). The molecule has 0 aliphatic carbocycles. The average molecular weight is 179 g/mol. The van der Waals surface area contributed by atoms with Gasteiger partial charge in [-0.05, 0) is 25.5 Å². The number of carbonyl (C=O) groups is 1. The van der Waals surface area contributed by atoms with Crippen molar-refractivity contribution in [3.63, 3.8) is 0 Å². The summed E-state index contributed by atoms with van der Waals surface area (Å²) in [6.07, 6.45) is 0.664. The Morgan fingerprint density at radius 1 is 1.38 bits per heavy atom. The van der Waals surface area contributed by atoms with E-state index >= 15 is 0 Å². The molecule has 0 aliphatic heterocycles. The van der Waals surface area contributed by atoms with Crippen LogP contribution in [0.15, 0.2) is 12.1 Å². The smallest absolute Gasteiger partial charge is 0.211 e. The van der Waals surface area contributed by atoms with Crippen molar-refractivity contribution in [1.29, 1.82) is 0 Å². The van der Waals surface area contributed by atoms with Crippen LogP contribution in [0.5, 0.6) is 5.75 Å². The van der Waals surface area contributed by atoms with Crippen LogP contribution in [0, 0.1) is 13.8 Å². The highest BCUT2D eigenvalue weighted by atomic mass is 16.5. The summed E-state index contributed by atoms with van der Waals surface area (Å²) in [7, 11) is 1.63. The monoisotopic (exact) mass is 179 g/mol. The van der Waals surface area contributed by atoms with E-state index in [0.717, 1.165) is 22.6 Å². The van der Waals surface area contributed by atoms with Gasteiger partial charge in [-0.3, -0.25) is 4.79 Å². The highest BCUT2D eigenvalue weighted by Crippen LogP contribution is 2.28. The van der Waals surface area contributed by atoms with E-state index in [9.17, 15) is 4.79 Å². The standard InChI is InChI=1S/C10H13NO2/c1-7-4-5-9(11-6-12)8(2)10(7)13-3/h4-6H,1-3H3,(H,11,12). The number of aryl methyl sites for hydroxylation is 1. The number of anilines is 1. The van der Waals surface area contributed by atoms with E-state index in [2.05, 4.69) is 5.32 Å². The first kappa shape index (κ1) is 9.58. The van der Waals surface area contributed by atoms with Crippen LogP contribution in [0.25, 0.3) is 0 Å². The minimum absolute atomic E-state index is 0.664.